The largest absolute Gasteiger partial charge is 0.328 e. The Labute approximate surface area is 107 Å². The highest BCUT2D eigenvalue weighted by Crippen LogP contribution is 2.12. The van der Waals surface area contributed by atoms with E-state index in [2.05, 4.69) is 4.98 Å². The molecule has 0 atom stereocenters. The Morgan fingerprint density at radius 1 is 1.42 bits per heavy atom. The molecule has 0 bridgehead atoms. The zero-order valence-electron chi connectivity index (χ0n) is 10.1. The Morgan fingerprint density at radius 3 is 2.84 bits per heavy atom. The minimum atomic E-state index is -0.652. The number of aromatic amines is 1. The van der Waals surface area contributed by atoms with Gasteiger partial charge in [-0.15, -0.1) is 0 Å². The van der Waals surface area contributed by atoms with Crippen molar-refractivity contribution in [3.8, 4) is 6.07 Å². The van der Waals surface area contributed by atoms with Gasteiger partial charge in [0.25, 0.3) is 5.56 Å². The molecule has 2 rings (SSSR count). The fourth-order valence-corrected chi connectivity index (χ4v) is 1.71. The molecule has 2 aromatic rings. The predicted molar refractivity (Wildman–Crippen MR) is 66.3 cm³/mol. The van der Waals surface area contributed by atoms with Gasteiger partial charge in [-0.05, 0) is 13.0 Å². The molecule has 5 nitrogen and oxygen atoms in total. The lowest BCUT2D eigenvalue weighted by molar-refractivity contribution is 0.588. The van der Waals surface area contributed by atoms with Crippen molar-refractivity contribution in [2.24, 2.45) is 0 Å². The molecule has 96 valence electrons. The number of nitriles is 1. The highest BCUT2D eigenvalue weighted by atomic mass is 19.1. The van der Waals surface area contributed by atoms with Gasteiger partial charge < -0.3 is 0 Å². The van der Waals surface area contributed by atoms with Crippen LogP contribution >= 0.6 is 0 Å². The summed E-state index contributed by atoms with van der Waals surface area (Å²) in [7, 11) is 0. The van der Waals surface area contributed by atoms with E-state index in [1.54, 1.807) is 19.1 Å². The van der Waals surface area contributed by atoms with Crippen molar-refractivity contribution in [3.05, 3.63) is 67.7 Å². The molecule has 0 spiro atoms. The lowest BCUT2D eigenvalue weighted by atomic mass is 10.1. The molecule has 19 heavy (non-hydrogen) atoms. The second-order valence-corrected chi connectivity index (χ2v) is 4.09. The standard InChI is InChI=1S/C13H10FN3O2/c1-8-6-17(13(19)16-12(8)18)7-10-4-2-3-9(5-15)11(10)14/h2-4,6H,7H2,1H3,(H,16,18,19). The van der Waals surface area contributed by atoms with Gasteiger partial charge in [-0.2, -0.15) is 5.26 Å². The second-order valence-electron chi connectivity index (χ2n) is 4.09. The topological polar surface area (TPSA) is 78.7 Å². The van der Waals surface area contributed by atoms with Crippen LogP contribution < -0.4 is 11.2 Å². The summed E-state index contributed by atoms with van der Waals surface area (Å²) < 4.78 is 15.1. The smallest absolute Gasteiger partial charge is 0.296 e. The Morgan fingerprint density at radius 2 is 2.16 bits per heavy atom. The fraction of sp³-hybridized carbons (Fsp3) is 0.154. The molecular formula is C13H10FN3O2. The zero-order valence-corrected chi connectivity index (χ0v) is 10.1. The summed E-state index contributed by atoms with van der Waals surface area (Å²) in [5.74, 6) is -0.652. The van der Waals surface area contributed by atoms with Crippen LogP contribution in [0.1, 0.15) is 16.7 Å². The number of aryl methyl sites for hydroxylation is 1. The molecule has 0 fully saturated rings. The van der Waals surface area contributed by atoms with Crippen molar-refractivity contribution >= 4 is 0 Å². The lowest BCUT2D eigenvalue weighted by Gasteiger charge is -2.07. The van der Waals surface area contributed by atoms with E-state index in [9.17, 15) is 14.0 Å². The summed E-state index contributed by atoms with van der Waals surface area (Å²) in [6, 6.07) is 6.13. The average Bonchev–Trinajstić information content (AvgIpc) is 2.38. The average molecular weight is 259 g/mol. The van der Waals surface area contributed by atoms with Gasteiger partial charge >= 0.3 is 5.69 Å². The Kier molecular flexibility index (Phi) is 3.29. The maximum Gasteiger partial charge on any atom is 0.328 e. The summed E-state index contributed by atoms with van der Waals surface area (Å²) in [6.07, 6.45) is 1.36. The van der Waals surface area contributed by atoms with Gasteiger partial charge in [-0.25, -0.2) is 9.18 Å². The summed E-state index contributed by atoms with van der Waals surface area (Å²) >= 11 is 0. The van der Waals surface area contributed by atoms with Crippen LogP contribution in [-0.2, 0) is 6.54 Å². The van der Waals surface area contributed by atoms with Crippen molar-refractivity contribution in [2.45, 2.75) is 13.5 Å². The number of hydrogen-bond acceptors (Lipinski definition) is 3. The summed E-state index contributed by atoms with van der Waals surface area (Å²) in [5, 5.41) is 8.74. The Balaban J connectivity index is 2.49. The van der Waals surface area contributed by atoms with Crippen molar-refractivity contribution in [2.75, 3.05) is 0 Å². The molecule has 1 heterocycles. The second kappa shape index (κ2) is 4.90. The number of aromatic nitrogens is 2. The maximum absolute atomic E-state index is 13.9. The van der Waals surface area contributed by atoms with Crippen molar-refractivity contribution in [1.29, 1.82) is 5.26 Å². The molecule has 1 aromatic heterocycles. The number of H-pyrrole nitrogens is 1. The highest BCUT2D eigenvalue weighted by Gasteiger charge is 2.09. The van der Waals surface area contributed by atoms with Gasteiger partial charge in [0, 0.05) is 17.3 Å². The number of rotatable bonds is 2. The van der Waals surface area contributed by atoms with Crippen LogP contribution in [0.5, 0.6) is 0 Å². The van der Waals surface area contributed by atoms with E-state index in [1.807, 2.05) is 0 Å². The molecule has 0 unspecified atom stereocenters. The minimum Gasteiger partial charge on any atom is -0.296 e. The van der Waals surface area contributed by atoms with Crippen LogP contribution in [0.3, 0.4) is 0 Å². The molecule has 0 saturated carbocycles. The maximum atomic E-state index is 13.9. The van der Waals surface area contributed by atoms with Crippen LogP contribution in [0.4, 0.5) is 4.39 Å². The number of nitrogens with zero attached hydrogens (tertiary/aromatic N) is 2. The first-order valence-electron chi connectivity index (χ1n) is 5.51. The molecule has 0 saturated heterocycles. The lowest BCUT2D eigenvalue weighted by Crippen LogP contribution is -2.31. The molecule has 0 radical (unpaired) electrons. The van der Waals surface area contributed by atoms with Gasteiger partial charge in [0.05, 0.1) is 12.1 Å². The van der Waals surface area contributed by atoms with E-state index >= 15 is 0 Å². The third kappa shape index (κ3) is 2.45. The van der Waals surface area contributed by atoms with Crippen LogP contribution in [-0.4, -0.2) is 9.55 Å². The van der Waals surface area contributed by atoms with Crippen LogP contribution in [0.2, 0.25) is 0 Å². The third-order valence-electron chi connectivity index (χ3n) is 2.73. The molecule has 1 N–H and O–H groups in total. The molecule has 0 aliphatic rings. The first kappa shape index (κ1) is 12.8. The zero-order chi connectivity index (χ0) is 14.0. The first-order chi connectivity index (χ1) is 9.02. The Hall–Kier alpha value is -2.68. The molecule has 6 heteroatoms. The van der Waals surface area contributed by atoms with Crippen LogP contribution in [0.15, 0.2) is 34.0 Å². The molecular weight excluding hydrogens is 249 g/mol. The predicted octanol–water partition coefficient (Wildman–Crippen LogP) is 0.904. The number of benzene rings is 1. The highest BCUT2D eigenvalue weighted by molar-refractivity contribution is 5.35. The van der Waals surface area contributed by atoms with Crippen LogP contribution in [0, 0.1) is 24.1 Å². The fourth-order valence-electron chi connectivity index (χ4n) is 1.71. The van der Waals surface area contributed by atoms with Crippen molar-refractivity contribution < 1.29 is 4.39 Å². The SMILES string of the molecule is Cc1cn(Cc2cccc(C#N)c2F)c(=O)[nH]c1=O. The van der Waals surface area contributed by atoms with E-state index in [4.69, 9.17) is 5.26 Å². The van der Waals surface area contributed by atoms with Gasteiger partial charge in [-0.3, -0.25) is 14.3 Å². The van der Waals surface area contributed by atoms with Crippen LogP contribution in [0.25, 0.3) is 0 Å². The monoisotopic (exact) mass is 259 g/mol. The van der Waals surface area contributed by atoms with E-state index in [0.717, 1.165) is 0 Å². The number of nitrogens with one attached hydrogen (secondary N) is 1. The summed E-state index contributed by atoms with van der Waals surface area (Å²) in [4.78, 5) is 24.9. The van der Waals surface area contributed by atoms with E-state index in [-0.39, 0.29) is 17.7 Å². The number of halogens is 1. The molecule has 0 amide bonds. The van der Waals surface area contributed by atoms with E-state index < -0.39 is 17.1 Å². The van der Waals surface area contributed by atoms with E-state index in [0.29, 0.717) is 5.56 Å². The molecule has 1 aromatic carbocycles. The normalized spacial score (nSPS) is 10.2. The molecule has 0 aliphatic carbocycles. The third-order valence-corrected chi connectivity index (χ3v) is 2.73. The van der Waals surface area contributed by atoms with Gasteiger partial charge in [-0.1, -0.05) is 12.1 Å². The molecule has 0 aliphatic heterocycles. The van der Waals surface area contributed by atoms with Gasteiger partial charge in [0.1, 0.15) is 11.9 Å². The van der Waals surface area contributed by atoms with Gasteiger partial charge in [0.2, 0.25) is 0 Å². The van der Waals surface area contributed by atoms with E-state index in [1.165, 1.54) is 22.9 Å². The van der Waals surface area contributed by atoms with Crippen molar-refractivity contribution in [1.82, 2.24) is 9.55 Å². The quantitative estimate of drug-likeness (QED) is 0.870. The minimum absolute atomic E-state index is 0.0438. The van der Waals surface area contributed by atoms with Gasteiger partial charge in [0.15, 0.2) is 0 Å². The summed E-state index contributed by atoms with van der Waals surface area (Å²) in [5.41, 5.74) is -0.583. The Bertz CT molecular complexity index is 784. The summed E-state index contributed by atoms with van der Waals surface area (Å²) in [6.45, 7) is 1.51. The first-order valence-corrected chi connectivity index (χ1v) is 5.51. The number of hydrogen-bond donors (Lipinski definition) is 1. The van der Waals surface area contributed by atoms with Crippen molar-refractivity contribution in [3.63, 3.8) is 0 Å².